The zero-order chi connectivity index (χ0) is 13.3. The number of nitrogens with zero attached hydrogens (tertiary/aromatic N) is 1. The van der Waals surface area contributed by atoms with Gasteiger partial charge in [-0.2, -0.15) is 11.8 Å². The van der Waals surface area contributed by atoms with E-state index in [0.29, 0.717) is 6.04 Å². The normalized spacial score (nSPS) is 39.8. The summed E-state index contributed by atoms with van der Waals surface area (Å²) >= 11 is 2.07. The zero-order valence-corrected chi connectivity index (χ0v) is 13.0. The third kappa shape index (κ3) is 3.12. The minimum Gasteiger partial charge on any atom is -0.374 e. The van der Waals surface area contributed by atoms with Gasteiger partial charge in [0.1, 0.15) is 0 Å². The Hall–Kier alpha value is 0.230. The molecule has 1 spiro atoms. The van der Waals surface area contributed by atoms with Crippen LogP contribution in [-0.2, 0) is 4.74 Å². The molecule has 4 heteroatoms. The van der Waals surface area contributed by atoms with E-state index >= 15 is 0 Å². The number of piperidine rings is 1. The maximum atomic E-state index is 6.14. The lowest BCUT2D eigenvalue weighted by Crippen LogP contribution is -2.51. The van der Waals surface area contributed by atoms with E-state index in [2.05, 4.69) is 23.6 Å². The van der Waals surface area contributed by atoms with Gasteiger partial charge in [-0.25, -0.2) is 0 Å². The molecule has 0 aliphatic carbocycles. The molecule has 110 valence electrons. The minimum atomic E-state index is 0.228. The summed E-state index contributed by atoms with van der Waals surface area (Å²) < 4.78 is 6.14. The quantitative estimate of drug-likeness (QED) is 0.843. The molecule has 0 radical (unpaired) electrons. The molecule has 0 amide bonds. The summed E-state index contributed by atoms with van der Waals surface area (Å²) in [6.07, 6.45) is 6.34. The number of ether oxygens (including phenoxy) is 1. The van der Waals surface area contributed by atoms with Gasteiger partial charge < -0.3 is 15.4 Å². The van der Waals surface area contributed by atoms with Gasteiger partial charge in [0, 0.05) is 24.4 Å². The molecule has 0 aromatic rings. The van der Waals surface area contributed by atoms with Gasteiger partial charge >= 0.3 is 0 Å². The number of likely N-dealkylation sites (tertiary alicyclic amines) is 1. The molecule has 3 nitrogen and oxygen atoms in total. The van der Waals surface area contributed by atoms with E-state index in [0.717, 1.165) is 18.6 Å². The van der Waals surface area contributed by atoms with Crippen molar-refractivity contribution in [2.75, 3.05) is 31.2 Å². The second kappa shape index (κ2) is 5.92. The largest absolute Gasteiger partial charge is 0.374 e. The van der Waals surface area contributed by atoms with Crippen LogP contribution < -0.4 is 5.73 Å². The van der Waals surface area contributed by atoms with Crippen molar-refractivity contribution in [3.63, 3.8) is 0 Å². The van der Waals surface area contributed by atoms with Crippen molar-refractivity contribution in [1.29, 1.82) is 0 Å². The molecule has 0 aromatic carbocycles. The van der Waals surface area contributed by atoms with E-state index in [1.165, 1.54) is 56.7 Å². The summed E-state index contributed by atoms with van der Waals surface area (Å²) in [6.45, 7) is 5.64. The van der Waals surface area contributed by atoms with Gasteiger partial charge in [0.15, 0.2) is 0 Å². The highest BCUT2D eigenvalue weighted by Gasteiger charge is 2.42. The van der Waals surface area contributed by atoms with Crippen molar-refractivity contribution in [2.45, 2.75) is 56.7 Å². The Morgan fingerprint density at radius 3 is 2.74 bits per heavy atom. The summed E-state index contributed by atoms with van der Waals surface area (Å²) in [4.78, 5) is 2.73. The van der Waals surface area contributed by atoms with Crippen LogP contribution in [0, 0.1) is 5.92 Å². The molecule has 0 bridgehead atoms. The maximum absolute atomic E-state index is 6.14. The number of hydrogen-bond donors (Lipinski definition) is 1. The van der Waals surface area contributed by atoms with E-state index < -0.39 is 0 Å². The van der Waals surface area contributed by atoms with Gasteiger partial charge in [-0.15, -0.1) is 0 Å². The summed E-state index contributed by atoms with van der Waals surface area (Å²) in [7, 11) is 0. The number of thioether (sulfide) groups is 1. The van der Waals surface area contributed by atoms with Crippen LogP contribution in [-0.4, -0.2) is 53.8 Å². The lowest BCUT2D eigenvalue weighted by atomic mass is 9.85. The second-order valence-electron chi connectivity index (χ2n) is 6.71. The molecule has 3 aliphatic heterocycles. The van der Waals surface area contributed by atoms with E-state index in [9.17, 15) is 0 Å². The highest BCUT2D eigenvalue weighted by molar-refractivity contribution is 7.99. The van der Waals surface area contributed by atoms with Crippen molar-refractivity contribution in [3.05, 3.63) is 0 Å². The van der Waals surface area contributed by atoms with E-state index in [-0.39, 0.29) is 5.60 Å². The molecule has 19 heavy (non-hydrogen) atoms. The Morgan fingerprint density at radius 1 is 1.32 bits per heavy atom. The summed E-state index contributed by atoms with van der Waals surface area (Å²) in [5.74, 6) is 3.26. The summed E-state index contributed by atoms with van der Waals surface area (Å²) in [5, 5.41) is 0. The van der Waals surface area contributed by atoms with E-state index in [4.69, 9.17) is 10.5 Å². The SMILES string of the molecule is CC(N)C1CCN(C2CCOC3(CCSC3)C2)CC1. The molecule has 3 rings (SSSR count). The summed E-state index contributed by atoms with van der Waals surface area (Å²) in [6, 6.07) is 1.14. The molecule has 3 aliphatic rings. The van der Waals surface area contributed by atoms with Crippen molar-refractivity contribution < 1.29 is 4.74 Å². The number of hydrogen-bond acceptors (Lipinski definition) is 4. The third-order valence-electron chi connectivity index (χ3n) is 5.37. The first-order valence-corrected chi connectivity index (χ1v) is 9.05. The average molecular weight is 284 g/mol. The average Bonchev–Trinajstić information content (AvgIpc) is 2.87. The van der Waals surface area contributed by atoms with Crippen molar-refractivity contribution in [2.24, 2.45) is 11.7 Å². The monoisotopic (exact) mass is 284 g/mol. The first kappa shape index (κ1) is 14.2. The van der Waals surface area contributed by atoms with Gasteiger partial charge in [-0.1, -0.05) is 0 Å². The van der Waals surface area contributed by atoms with Crippen LogP contribution >= 0.6 is 11.8 Å². The lowest BCUT2D eigenvalue weighted by molar-refractivity contribution is -0.0931. The van der Waals surface area contributed by atoms with Crippen LogP contribution in [0.2, 0.25) is 0 Å². The van der Waals surface area contributed by atoms with Crippen LogP contribution in [0.1, 0.15) is 39.0 Å². The van der Waals surface area contributed by atoms with Crippen LogP contribution in [0.25, 0.3) is 0 Å². The van der Waals surface area contributed by atoms with E-state index in [1.807, 2.05) is 0 Å². The minimum absolute atomic E-state index is 0.228. The molecule has 0 aromatic heterocycles. The molecular weight excluding hydrogens is 256 g/mol. The Kier molecular flexibility index (Phi) is 4.42. The van der Waals surface area contributed by atoms with Crippen molar-refractivity contribution in [1.82, 2.24) is 4.90 Å². The fourth-order valence-electron chi connectivity index (χ4n) is 3.99. The molecular formula is C15H28N2OS. The molecule has 3 unspecified atom stereocenters. The molecule has 3 saturated heterocycles. The van der Waals surface area contributed by atoms with E-state index in [1.54, 1.807) is 0 Å². The van der Waals surface area contributed by atoms with Crippen LogP contribution in [0.15, 0.2) is 0 Å². The molecule has 0 saturated carbocycles. The van der Waals surface area contributed by atoms with Crippen LogP contribution in [0.4, 0.5) is 0 Å². The van der Waals surface area contributed by atoms with Gasteiger partial charge in [0.2, 0.25) is 0 Å². The standard InChI is InChI=1S/C15H28N2OS/c1-12(16)13-2-6-17(7-3-13)14-4-8-18-15(10-14)5-9-19-11-15/h12-14H,2-11,16H2,1H3. The zero-order valence-electron chi connectivity index (χ0n) is 12.1. The van der Waals surface area contributed by atoms with Crippen molar-refractivity contribution in [3.8, 4) is 0 Å². The number of rotatable bonds is 2. The summed E-state index contributed by atoms with van der Waals surface area (Å²) in [5.41, 5.74) is 6.27. The Labute approximate surface area is 121 Å². The molecule has 2 N–H and O–H groups in total. The fraction of sp³-hybridized carbons (Fsp3) is 1.00. The van der Waals surface area contributed by atoms with Gasteiger partial charge in [-0.3, -0.25) is 0 Å². The number of nitrogens with two attached hydrogens (primary N) is 1. The Balaban J connectivity index is 1.55. The van der Waals surface area contributed by atoms with Gasteiger partial charge in [0.05, 0.1) is 5.60 Å². The van der Waals surface area contributed by atoms with Crippen molar-refractivity contribution >= 4 is 11.8 Å². The van der Waals surface area contributed by atoms with Gasteiger partial charge in [0.25, 0.3) is 0 Å². The van der Waals surface area contributed by atoms with Gasteiger partial charge in [-0.05, 0) is 63.8 Å². The topological polar surface area (TPSA) is 38.5 Å². The fourth-order valence-corrected chi connectivity index (χ4v) is 5.37. The first-order chi connectivity index (χ1) is 9.19. The highest BCUT2D eigenvalue weighted by atomic mass is 32.2. The Morgan fingerprint density at radius 2 is 2.11 bits per heavy atom. The van der Waals surface area contributed by atoms with Crippen LogP contribution in [0.5, 0.6) is 0 Å². The molecule has 3 atom stereocenters. The molecule has 3 heterocycles. The second-order valence-corrected chi connectivity index (χ2v) is 7.82. The maximum Gasteiger partial charge on any atom is 0.0795 e. The van der Waals surface area contributed by atoms with Crippen LogP contribution in [0.3, 0.4) is 0 Å². The molecule has 3 fully saturated rings. The third-order valence-corrected chi connectivity index (χ3v) is 6.59. The highest BCUT2D eigenvalue weighted by Crippen LogP contribution is 2.40. The predicted octanol–water partition coefficient (Wildman–Crippen LogP) is 2.10. The Bertz CT molecular complexity index is 297. The first-order valence-electron chi connectivity index (χ1n) is 7.90. The lowest BCUT2D eigenvalue weighted by Gasteiger charge is -2.45. The predicted molar refractivity (Wildman–Crippen MR) is 81.6 cm³/mol. The smallest absolute Gasteiger partial charge is 0.0795 e.